The van der Waals surface area contributed by atoms with Crippen LogP contribution in [0.1, 0.15) is 18.6 Å². The van der Waals surface area contributed by atoms with Gasteiger partial charge in [-0.3, -0.25) is 0 Å². The maximum absolute atomic E-state index is 13.1. The second-order valence-corrected chi connectivity index (χ2v) is 2.96. The summed E-state index contributed by atoms with van der Waals surface area (Å²) < 4.78 is 43.2. The zero-order valence-corrected chi connectivity index (χ0v) is 8.14. The van der Waals surface area contributed by atoms with Gasteiger partial charge in [0, 0.05) is 18.2 Å². The van der Waals surface area contributed by atoms with Gasteiger partial charge in [0.2, 0.25) is 0 Å². The molecule has 0 aromatic heterocycles. The number of halogens is 3. The first-order chi connectivity index (χ1) is 7.06. The van der Waals surface area contributed by atoms with Crippen LogP contribution >= 0.6 is 0 Å². The first-order valence-electron chi connectivity index (χ1n) is 4.46. The third-order valence-corrected chi connectivity index (χ3v) is 1.88. The highest BCUT2D eigenvalue weighted by atomic mass is 19.2. The van der Waals surface area contributed by atoms with Gasteiger partial charge in [0.05, 0.1) is 6.61 Å². The average Bonchev–Trinajstić information content (AvgIpc) is 2.20. The normalized spacial score (nSPS) is 12.9. The molecule has 0 amide bonds. The number of hydrogen-bond acceptors (Lipinski definition) is 2. The van der Waals surface area contributed by atoms with Crippen LogP contribution in [0.4, 0.5) is 13.2 Å². The van der Waals surface area contributed by atoms with Gasteiger partial charge in [-0.15, -0.1) is 0 Å². The Bertz CT molecular complexity index is 342. The largest absolute Gasteiger partial charge is 0.386 e. The third kappa shape index (κ3) is 2.94. The molecule has 0 aliphatic carbocycles. The smallest absolute Gasteiger partial charge is 0.161 e. The molecule has 1 unspecified atom stereocenters. The predicted octanol–water partition coefficient (Wildman–Crippen LogP) is 2.17. The summed E-state index contributed by atoms with van der Waals surface area (Å²) in [6, 6.07) is 1.04. The lowest BCUT2D eigenvalue weighted by Crippen LogP contribution is -2.10. The molecule has 0 aliphatic rings. The molecule has 1 N–H and O–H groups in total. The van der Waals surface area contributed by atoms with E-state index in [0.717, 1.165) is 0 Å². The summed E-state index contributed by atoms with van der Waals surface area (Å²) in [5.41, 5.74) is -0.303. The van der Waals surface area contributed by atoms with Crippen molar-refractivity contribution in [3.8, 4) is 0 Å². The highest BCUT2D eigenvalue weighted by Gasteiger charge is 2.16. The molecule has 0 bridgehead atoms. The van der Waals surface area contributed by atoms with Crippen molar-refractivity contribution >= 4 is 0 Å². The van der Waals surface area contributed by atoms with Crippen molar-refractivity contribution in [2.45, 2.75) is 13.0 Å². The minimum atomic E-state index is -1.29. The van der Waals surface area contributed by atoms with Gasteiger partial charge in [-0.1, -0.05) is 0 Å². The topological polar surface area (TPSA) is 29.5 Å². The van der Waals surface area contributed by atoms with Crippen molar-refractivity contribution in [3.05, 3.63) is 35.1 Å². The van der Waals surface area contributed by atoms with E-state index in [1.165, 1.54) is 0 Å². The molecule has 0 saturated carbocycles. The van der Waals surface area contributed by atoms with E-state index in [-0.39, 0.29) is 12.2 Å². The molecule has 0 fully saturated rings. The van der Waals surface area contributed by atoms with Crippen LogP contribution in [0.2, 0.25) is 0 Å². The Morgan fingerprint density at radius 1 is 1.20 bits per heavy atom. The highest BCUT2D eigenvalue weighted by Crippen LogP contribution is 2.20. The molecule has 0 saturated heterocycles. The second kappa shape index (κ2) is 5.14. The van der Waals surface area contributed by atoms with E-state index in [2.05, 4.69) is 0 Å². The van der Waals surface area contributed by atoms with Crippen LogP contribution in [-0.2, 0) is 4.74 Å². The van der Waals surface area contributed by atoms with Gasteiger partial charge in [-0.05, 0) is 13.0 Å². The number of aliphatic hydroxyl groups is 1. The lowest BCUT2D eigenvalue weighted by atomic mass is 10.1. The van der Waals surface area contributed by atoms with Gasteiger partial charge in [-0.25, -0.2) is 13.2 Å². The summed E-state index contributed by atoms with van der Waals surface area (Å²) in [7, 11) is 0. The Balaban J connectivity index is 2.88. The fraction of sp³-hybridized carbons (Fsp3) is 0.400. The van der Waals surface area contributed by atoms with E-state index in [0.29, 0.717) is 18.7 Å². The van der Waals surface area contributed by atoms with E-state index in [1.807, 2.05) is 0 Å². The first kappa shape index (κ1) is 12.0. The van der Waals surface area contributed by atoms with Crippen LogP contribution in [0.5, 0.6) is 0 Å². The van der Waals surface area contributed by atoms with Gasteiger partial charge < -0.3 is 9.84 Å². The van der Waals surface area contributed by atoms with Crippen molar-refractivity contribution in [1.82, 2.24) is 0 Å². The zero-order valence-electron chi connectivity index (χ0n) is 8.14. The quantitative estimate of drug-likeness (QED) is 0.788. The molecule has 1 rings (SSSR count). The number of hydrogen-bond donors (Lipinski definition) is 1. The lowest BCUT2D eigenvalue weighted by molar-refractivity contribution is 0.0399. The van der Waals surface area contributed by atoms with E-state index in [4.69, 9.17) is 4.74 Å². The summed E-state index contributed by atoms with van der Waals surface area (Å²) in [5.74, 6) is -3.46. The maximum atomic E-state index is 13.1. The van der Waals surface area contributed by atoms with Crippen LogP contribution in [0.25, 0.3) is 0 Å². The molecule has 84 valence electrons. The van der Waals surface area contributed by atoms with Gasteiger partial charge in [0.15, 0.2) is 11.6 Å². The minimum absolute atomic E-state index is 0.154. The Labute approximate surface area is 85.3 Å². The van der Waals surface area contributed by atoms with Crippen LogP contribution in [0, 0.1) is 17.5 Å². The number of benzene rings is 1. The van der Waals surface area contributed by atoms with Crippen LogP contribution in [0.15, 0.2) is 12.1 Å². The van der Waals surface area contributed by atoms with Gasteiger partial charge in [-0.2, -0.15) is 0 Å². The zero-order chi connectivity index (χ0) is 11.4. The summed E-state index contributed by atoms with van der Waals surface area (Å²) in [6.45, 7) is 1.90. The van der Waals surface area contributed by atoms with Crippen molar-refractivity contribution in [3.63, 3.8) is 0 Å². The van der Waals surface area contributed by atoms with Crippen molar-refractivity contribution < 1.29 is 23.0 Å². The SMILES string of the molecule is CCOCC(O)c1cc(F)c(F)cc1F. The standard InChI is InChI=1S/C10H11F3O2/c1-2-15-5-10(14)6-3-8(12)9(13)4-7(6)11/h3-4,10,14H,2,5H2,1H3. The van der Waals surface area contributed by atoms with E-state index >= 15 is 0 Å². The third-order valence-electron chi connectivity index (χ3n) is 1.88. The Morgan fingerprint density at radius 3 is 2.40 bits per heavy atom. The summed E-state index contributed by atoms with van der Waals surface area (Å²) in [4.78, 5) is 0. The minimum Gasteiger partial charge on any atom is -0.386 e. The van der Waals surface area contributed by atoms with E-state index < -0.39 is 23.6 Å². The second-order valence-electron chi connectivity index (χ2n) is 2.96. The number of ether oxygens (including phenoxy) is 1. The van der Waals surface area contributed by atoms with Crippen molar-refractivity contribution in [1.29, 1.82) is 0 Å². The Morgan fingerprint density at radius 2 is 1.80 bits per heavy atom. The predicted molar refractivity (Wildman–Crippen MR) is 47.8 cm³/mol. The molecule has 1 atom stereocenters. The van der Waals surface area contributed by atoms with Crippen molar-refractivity contribution in [2.24, 2.45) is 0 Å². The molecule has 0 spiro atoms. The average molecular weight is 220 g/mol. The molecule has 5 heteroatoms. The summed E-state index contributed by atoms with van der Waals surface area (Å²) >= 11 is 0. The van der Waals surface area contributed by atoms with Crippen LogP contribution in [0.3, 0.4) is 0 Å². The molecule has 0 heterocycles. The monoisotopic (exact) mass is 220 g/mol. The fourth-order valence-corrected chi connectivity index (χ4v) is 1.11. The van der Waals surface area contributed by atoms with Crippen molar-refractivity contribution in [2.75, 3.05) is 13.2 Å². The number of rotatable bonds is 4. The molecule has 0 aliphatic heterocycles. The lowest BCUT2D eigenvalue weighted by Gasteiger charge is -2.11. The number of aliphatic hydroxyl groups excluding tert-OH is 1. The molecule has 0 radical (unpaired) electrons. The van der Waals surface area contributed by atoms with Crippen LogP contribution in [-0.4, -0.2) is 18.3 Å². The molecule has 2 nitrogen and oxygen atoms in total. The van der Waals surface area contributed by atoms with Crippen LogP contribution < -0.4 is 0 Å². The van der Waals surface area contributed by atoms with E-state index in [9.17, 15) is 18.3 Å². The molecule has 15 heavy (non-hydrogen) atoms. The maximum Gasteiger partial charge on any atom is 0.161 e. The first-order valence-corrected chi connectivity index (χ1v) is 4.46. The fourth-order valence-electron chi connectivity index (χ4n) is 1.11. The van der Waals surface area contributed by atoms with Gasteiger partial charge in [0.1, 0.15) is 11.9 Å². The molecular formula is C10H11F3O2. The highest BCUT2D eigenvalue weighted by molar-refractivity contribution is 5.22. The summed E-state index contributed by atoms with van der Waals surface area (Å²) in [5, 5.41) is 9.39. The molecule has 1 aromatic carbocycles. The van der Waals surface area contributed by atoms with Gasteiger partial charge >= 0.3 is 0 Å². The molecule has 1 aromatic rings. The van der Waals surface area contributed by atoms with E-state index in [1.54, 1.807) is 6.92 Å². The molecular weight excluding hydrogens is 209 g/mol. The Hall–Kier alpha value is -1.07. The van der Waals surface area contributed by atoms with Gasteiger partial charge in [0.25, 0.3) is 0 Å². The Kier molecular flexibility index (Phi) is 4.11. The summed E-state index contributed by atoms with van der Waals surface area (Å²) in [6.07, 6.45) is -1.29.